The summed E-state index contributed by atoms with van der Waals surface area (Å²) in [6.45, 7) is 14.8. The van der Waals surface area contributed by atoms with Crippen LogP contribution in [-0.4, -0.2) is 58.5 Å². The van der Waals surface area contributed by atoms with Crippen LogP contribution in [0.15, 0.2) is 18.7 Å². The highest BCUT2D eigenvalue weighted by molar-refractivity contribution is 4.77. The number of hydrogen-bond acceptors (Lipinski definition) is 4. The molecule has 1 heterocycles. The molecule has 0 aromatic carbocycles. The lowest BCUT2D eigenvalue weighted by Crippen LogP contribution is -2.36. The molecule has 5 heteroatoms. The van der Waals surface area contributed by atoms with Crippen LogP contribution in [0.1, 0.15) is 240 Å². The second-order valence-electron chi connectivity index (χ2n) is 17.4. The lowest BCUT2D eigenvalue weighted by atomic mass is 9.89. The van der Waals surface area contributed by atoms with Gasteiger partial charge in [-0.3, -0.25) is 0 Å². The molecule has 0 amide bonds. The first-order valence-electron chi connectivity index (χ1n) is 24.6. The van der Waals surface area contributed by atoms with Crippen LogP contribution in [0.5, 0.6) is 0 Å². The zero-order valence-electron chi connectivity index (χ0n) is 37.2. The van der Waals surface area contributed by atoms with Gasteiger partial charge in [0.2, 0.25) is 0 Å². The number of imidazole rings is 1. The lowest BCUT2D eigenvalue weighted by molar-refractivity contribution is 0.0866. The lowest BCUT2D eigenvalue weighted by Gasteiger charge is -2.25. The molecule has 3 atom stereocenters. The second-order valence-corrected chi connectivity index (χ2v) is 17.4. The van der Waals surface area contributed by atoms with Gasteiger partial charge in [0.15, 0.2) is 0 Å². The summed E-state index contributed by atoms with van der Waals surface area (Å²) < 4.78 is 8.30. The van der Waals surface area contributed by atoms with Crippen LogP contribution in [0.3, 0.4) is 0 Å². The Hall–Kier alpha value is -0.910. The molecule has 0 radical (unpaired) electrons. The maximum absolute atomic E-state index is 10.9. The van der Waals surface area contributed by atoms with E-state index in [2.05, 4.69) is 37.6 Å². The number of aliphatic hydroxyl groups excluding tert-OH is 1. The van der Waals surface area contributed by atoms with Crippen molar-refractivity contribution in [2.24, 2.45) is 11.8 Å². The predicted molar refractivity (Wildman–Crippen MR) is 238 cm³/mol. The molecule has 5 nitrogen and oxygen atoms in total. The van der Waals surface area contributed by atoms with E-state index >= 15 is 0 Å². The standard InChI is InChI=1S/C49H97N3O2/c1-5-9-13-17-19-27-34-47(33-25-15-11-7-3)35-28-21-22-30-39-51(43-49(53)44-52-41-38-50-46-52)40-31-23-24-32-42-54-45-48(36-26-16-12-8-4)37-29-20-18-14-10-6-2/h38,41,46-49,53H,5-37,39-40,42-45H2,1-4H3. The Kier molecular flexibility index (Phi) is 38.1. The molecule has 0 saturated heterocycles. The number of unbranched alkanes of at least 4 members (excludes halogenated alkanes) is 22. The van der Waals surface area contributed by atoms with Crippen LogP contribution in [0.25, 0.3) is 0 Å². The molecule has 0 aliphatic rings. The first-order valence-corrected chi connectivity index (χ1v) is 24.6. The van der Waals surface area contributed by atoms with E-state index in [1.54, 1.807) is 6.20 Å². The normalized spacial score (nSPS) is 13.6. The molecule has 0 saturated carbocycles. The molecule has 0 bridgehead atoms. The quantitative estimate of drug-likeness (QED) is 0.0673. The average Bonchev–Trinajstić information content (AvgIpc) is 3.69. The summed E-state index contributed by atoms with van der Waals surface area (Å²) in [6.07, 6.45) is 50.5. The highest BCUT2D eigenvalue weighted by Gasteiger charge is 2.14. The van der Waals surface area contributed by atoms with Gasteiger partial charge in [0.05, 0.1) is 19.0 Å². The first kappa shape index (κ1) is 51.1. The molecule has 0 aliphatic heterocycles. The van der Waals surface area contributed by atoms with Crippen LogP contribution >= 0.6 is 0 Å². The van der Waals surface area contributed by atoms with Crippen molar-refractivity contribution in [1.29, 1.82) is 0 Å². The number of aliphatic hydroxyl groups is 1. The summed E-state index contributed by atoms with van der Waals surface area (Å²) in [5.41, 5.74) is 0. The summed E-state index contributed by atoms with van der Waals surface area (Å²) >= 11 is 0. The molecule has 3 unspecified atom stereocenters. The largest absolute Gasteiger partial charge is 0.390 e. The minimum Gasteiger partial charge on any atom is -0.390 e. The molecule has 54 heavy (non-hydrogen) atoms. The van der Waals surface area contributed by atoms with Crippen LogP contribution in [-0.2, 0) is 11.3 Å². The number of hydrogen-bond donors (Lipinski definition) is 1. The van der Waals surface area contributed by atoms with Crippen molar-refractivity contribution in [3.05, 3.63) is 18.7 Å². The maximum Gasteiger partial charge on any atom is 0.0946 e. The summed E-state index contributed by atoms with van der Waals surface area (Å²) in [7, 11) is 0. The summed E-state index contributed by atoms with van der Waals surface area (Å²) in [5, 5.41) is 10.9. The van der Waals surface area contributed by atoms with Gasteiger partial charge in [-0.15, -0.1) is 0 Å². The number of rotatable bonds is 44. The van der Waals surface area contributed by atoms with Gasteiger partial charge in [-0.1, -0.05) is 207 Å². The van der Waals surface area contributed by atoms with Crippen molar-refractivity contribution in [2.45, 2.75) is 252 Å². The van der Waals surface area contributed by atoms with E-state index < -0.39 is 0 Å². The van der Waals surface area contributed by atoms with Crippen molar-refractivity contribution in [1.82, 2.24) is 14.5 Å². The Labute approximate surface area is 339 Å². The van der Waals surface area contributed by atoms with E-state index in [4.69, 9.17) is 4.74 Å². The molecule has 1 aromatic rings. The fourth-order valence-electron chi connectivity index (χ4n) is 8.44. The first-order chi connectivity index (χ1) is 26.6. The van der Waals surface area contributed by atoms with E-state index in [1.807, 2.05) is 17.1 Å². The molecular formula is C49H97N3O2. The molecule has 0 fully saturated rings. The minimum absolute atomic E-state index is 0.353. The molecule has 1 rings (SSSR count). The summed E-state index contributed by atoms with van der Waals surface area (Å²) in [6, 6.07) is 0. The van der Waals surface area contributed by atoms with E-state index in [0.717, 1.165) is 44.7 Å². The van der Waals surface area contributed by atoms with Gasteiger partial charge < -0.3 is 19.3 Å². The Morgan fingerprint density at radius 3 is 1.39 bits per heavy atom. The molecule has 0 spiro atoms. The molecule has 320 valence electrons. The van der Waals surface area contributed by atoms with Gasteiger partial charge in [0.1, 0.15) is 0 Å². The van der Waals surface area contributed by atoms with Crippen molar-refractivity contribution in [3.8, 4) is 0 Å². The molecule has 1 aromatic heterocycles. The zero-order chi connectivity index (χ0) is 39.0. The van der Waals surface area contributed by atoms with Gasteiger partial charge >= 0.3 is 0 Å². The SMILES string of the molecule is CCCCCCCCC(CCCCCC)CCCCCCN(CCCCCCOCC(CCCCCC)CCCCCCCC)CC(O)Cn1ccnc1. The maximum atomic E-state index is 10.9. The van der Waals surface area contributed by atoms with Crippen LogP contribution in [0.2, 0.25) is 0 Å². The Bertz CT molecular complexity index is 833. The Balaban J connectivity index is 2.39. The van der Waals surface area contributed by atoms with Crippen molar-refractivity contribution in [2.75, 3.05) is 32.8 Å². The average molecular weight is 760 g/mol. The smallest absolute Gasteiger partial charge is 0.0946 e. The van der Waals surface area contributed by atoms with Gasteiger partial charge in [0.25, 0.3) is 0 Å². The minimum atomic E-state index is -0.353. The third-order valence-corrected chi connectivity index (χ3v) is 12.0. The summed E-state index contributed by atoms with van der Waals surface area (Å²) in [5.74, 6) is 1.72. The highest BCUT2D eigenvalue weighted by Crippen LogP contribution is 2.25. The van der Waals surface area contributed by atoms with E-state index in [-0.39, 0.29) is 6.10 Å². The summed E-state index contributed by atoms with van der Waals surface area (Å²) in [4.78, 5) is 6.73. The Morgan fingerprint density at radius 2 is 0.926 bits per heavy atom. The fraction of sp³-hybridized carbons (Fsp3) is 0.939. The fourth-order valence-corrected chi connectivity index (χ4v) is 8.44. The van der Waals surface area contributed by atoms with Crippen molar-refractivity contribution >= 4 is 0 Å². The van der Waals surface area contributed by atoms with E-state index in [0.29, 0.717) is 6.54 Å². The second kappa shape index (κ2) is 40.3. The molecular weight excluding hydrogens is 663 g/mol. The van der Waals surface area contributed by atoms with Gasteiger partial charge in [-0.25, -0.2) is 4.98 Å². The van der Waals surface area contributed by atoms with Crippen LogP contribution in [0.4, 0.5) is 0 Å². The van der Waals surface area contributed by atoms with Crippen LogP contribution in [0, 0.1) is 11.8 Å². The third kappa shape index (κ3) is 33.3. The van der Waals surface area contributed by atoms with E-state index in [9.17, 15) is 5.11 Å². The topological polar surface area (TPSA) is 50.5 Å². The van der Waals surface area contributed by atoms with E-state index in [1.165, 1.54) is 212 Å². The highest BCUT2D eigenvalue weighted by atomic mass is 16.5. The monoisotopic (exact) mass is 760 g/mol. The number of aromatic nitrogens is 2. The van der Waals surface area contributed by atoms with Gasteiger partial charge in [-0.05, 0) is 57.0 Å². The van der Waals surface area contributed by atoms with Gasteiger partial charge in [0, 0.05) is 32.2 Å². The molecule has 1 N–H and O–H groups in total. The number of ether oxygens (including phenoxy) is 1. The zero-order valence-corrected chi connectivity index (χ0v) is 37.2. The predicted octanol–water partition coefficient (Wildman–Crippen LogP) is 14.7. The Morgan fingerprint density at radius 1 is 0.519 bits per heavy atom. The van der Waals surface area contributed by atoms with Crippen molar-refractivity contribution < 1.29 is 9.84 Å². The van der Waals surface area contributed by atoms with Crippen molar-refractivity contribution in [3.63, 3.8) is 0 Å². The van der Waals surface area contributed by atoms with Gasteiger partial charge in [-0.2, -0.15) is 0 Å². The van der Waals surface area contributed by atoms with Crippen LogP contribution < -0.4 is 0 Å². The third-order valence-electron chi connectivity index (χ3n) is 12.0. The number of nitrogens with zero attached hydrogens (tertiary/aromatic N) is 3. The molecule has 0 aliphatic carbocycles.